The van der Waals surface area contributed by atoms with E-state index in [0.29, 0.717) is 29.6 Å². The van der Waals surface area contributed by atoms with Crippen molar-refractivity contribution in [3.63, 3.8) is 0 Å². The molecule has 1 aromatic rings. The van der Waals surface area contributed by atoms with Crippen molar-refractivity contribution in [2.24, 2.45) is 0 Å². The maximum atomic E-state index is 12.5. The van der Waals surface area contributed by atoms with E-state index in [0.717, 1.165) is 24.8 Å². The van der Waals surface area contributed by atoms with E-state index < -0.39 is 6.04 Å². The summed E-state index contributed by atoms with van der Waals surface area (Å²) in [5, 5.41) is 3.80. The molecular weight excluding hydrogens is 347 g/mol. The Morgan fingerprint density at radius 3 is 2.46 bits per heavy atom. The van der Waals surface area contributed by atoms with Crippen LogP contribution in [0, 0.1) is 0 Å². The highest BCUT2D eigenvalue weighted by Crippen LogP contribution is 2.24. The Hall–Kier alpha value is -1.26. The Kier molecular flexibility index (Phi) is 9.16. The topological polar surface area (TPSA) is 49.4 Å². The van der Waals surface area contributed by atoms with Crippen LogP contribution in [0.1, 0.15) is 52.0 Å². The summed E-state index contributed by atoms with van der Waals surface area (Å²) < 4.78 is 0. The van der Waals surface area contributed by atoms with Gasteiger partial charge in [0, 0.05) is 19.5 Å². The summed E-state index contributed by atoms with van der Waals surface area (Å²) in [5.74, 6) is -0.172. The average molecular weight is 373 g/mol. The van der Waals surface area contributed by atoms with Crippen LogP contribution in [0.15, 0.2) is 18.2 Å². The average Bonchev–Trinajstić information content (AvgIpc) is 2.55. The minimum Gasteiger partial charge on any atom is -0.354 e. The first kappa shape index (κ1) is 20.8. The molecule has 0 spiro atoms. The lowest BCUT2D eigenvalue weighted by Crippen LogP contribution is -2.47. The summed E-state index contributed by atoms with van der Waals surface area (Å²) in [6.07, 6.45) is 3.08. The summed E-state index contributed by atoms with van der Waals surface area (Å²) in [7, 11) is 0. The molecule has 1 atom stereocenters. The lowest BCUT2D eigenvalue weighted by atomic mass is 10.1. The lowest BCUT2D eigenvalue weighted by molar-refractivity contribution is -0.140. The first-order valence-electron chi connectivity index (χ1n) is 8.41. The van der Waals surface area contributed by atoms with E-state index in [1.165, 1.54) is 0 Å². The third-order valence-corrected chi connectivity index (χ3v) is 4.54. The number of benzene rings is 1. The number of amides is 2. The van der Waals surface area contributed by atoms with E-state index in [9.17, 15) is 9.59 Å². The molecule has 0 aromatic heterocycles. The molecule has 0 aliphatic carbocycles. The maximum Gasteiger partial charge on any atom is 0.242 e. The summed E-state index contributed by atoms with van der Waals surface area (Å²) >= 11 is 12.0. The van der Waals surface area contributed by atoms with E-state index in [2.05, 4.69) is 12.2 Å². The van der Waals surface area contributed by atoms with Crippen molar-refractivity contribution >= 4 is 35.0 Å². The molecule has 4 nitrogen and oxygen atoms in total. The number of rotatable bonds is 9. The van der Waals surface area contributed by atoms with Crippen molar-refractivity contribution < 1.29 is 9.59 Å². The fraction of sp³-hybridized carbons (Fsp3) is 0.556. The third kappa shape index (κ3) is 6.33. The predicted molar refractivity (Wildman–Crippen MR) is 99.3 cm³/mol. The quantitative estimate of drug-likeness (QED) is 0.651. The monoisotopic (exact) mass is 372 g/mol. The minimum atomic E-state index is -0.532. The van der Waals surface area contributed by atoms with Crippen molar-refractivity contribution in [2.45, 2.75) is 59.0 Å². The van der Waals surface area contributed by atoms with Crippen LogP contribution in [0.25, 0.3) is 0 Å². The fourth-order valence-electron chi connectivity index (χ4n) is 2.31. The Morgan fingerprint density at radius 2 is 1.88 bits per heavy atom. The number of hydrogen-bond donors (Lipinski definition) is 1. The molecule has 6 heteroatoms. The standard InChI is InChI=1S/C18H26Cl2N2O2/c1-4-6-10-21-18(24)13(3)22(17(23)7-5-2)12-14-8-9-15(19)16(20)11-14/h8-9,11,13H,4-7,10,12H2,1-3H3,(H,21,24)/t13-/m0/s1. The van der Waals surface area contributed by atoms with Gasteiger partial charge >= 0.3 is 0 Å². The second kappa shape index (κ2) is 10.6. The van der Waals surface area contributed by atoms with Crippen LogP contribution in [0.5, 0.6) is 0 Å². The molecule has 2 amide bonds. The Balaban J connectivity index is 2.88. The predicted octanol–water partition coefficient (Wildman–Crippen LogP) is 4.43. The normalized spacial score (nSPS) is 11.9. The first-order chi connectivity index (χ1) is 11.4. The molecule has 1 rings (SSSR count). The highest BCUT2D eigenvalue weighted by atomic mass is 35.5. The summed E-state index contributed by atoms with van der Waals surface area (Å²) in [6.45, 7) is 6.73. The van der Waals surface area contributed by atoms with Gasteiger partial charge in [-0.05, 0) is 37.5 Å². The van der Waals surface area contributed by atoms with Gasteiger partial charge in [0.1, 0.15) is 6.04 Å². The fourth-order valence-corrected chi connectivity index (χ4v) is 2.63. The van der Waals surface area contributed by atoms with Gasteiger partial charge in [-0.1, -0.05) is 49.5 Å². The lowest BCUT2D eigenvalue weighted by Gasteiger charge is -2.29. The second-order valence-electron chi connectivity index (χ2n) is 5.84. The number of nitrogens with zero attached hydrogens (tertiary/aromatic N) is 1. The highest BCUT2D eigenvalue weighted by Gasteiger charge is 2.25. The van der Waals surface area contributed by atoms with Crippen LogP contribution >= 0.6 is 23.2 Å². The molecule has 1 aromatic carbocycles. The molecule has 0 fully saturated rings. The largest absolute Gasteiger partial charge is 0.354 e. The highest BCUT2D eigenvalue weighted by molar-refractivity contribution is 6.42. The minimum absolute atomic E-state index is 0.0401. The molecule has 0 aliphatic heterocycles. The van der Waals surface area contributed by atoms with Crippen molar-refractivity contribution in [3.05, 3.63) is 33.8 Å². The molecule has 24 heavy (non-hydrogen) atoms. The molecule has 1 N–H and O–H groups in total. The van der Waals surface area contributed by atoms with E-state index in [4.69, 9.17) is 23.2 Å². The van der Waals surface area contributed by atoms with Gasteiger partial charge in [-0.25, -0.2) is 0 Å². The molecule has 0 heterocycles. The van der Waals surface area contributed by atoms with Gasteiger partial charge in [-0.3, -0.25) is 9.59 Å². The zero-order chi connectivity index (χ0) is 18.1. The molecule has 134 valence electrons. The van der Waals surface area contributed by atoms with Crippen molar-refractivity contribution in [1.82, 2.24) is 10.2 Å². The molecule has 0 bridgehead atoms. The third-order valence-electron chi connectivity index (χ3n) is 3.80. The van der Waals surface area contributed by atoms with Gasteiger partial charge in [-0.15, -0.1) is 0 Å². The van der Waals surface area contributed by atoms with Crippen LogP contribution in [-0.4, -0.2) is 29.3 Å². The maximum absolute atomic E-state index is 12.5. The zero-order valence-electron chi connectivity index (χ0n) is 14.6. The van der Waals surface area contributed by atoms with Gasteiger partial charge in [0.05, 0.1) is 10.0 Å². The molecule has 0 saturated heterocycles. The Morgan fingerprint density at radius 1 is 1.17 bits per heavy atom. The Labute approximate surface area is 154 Å². The van der Waals surface area contributed by atoms with E-state index in [1.807, 2.05) is 13.0 Å². The van der Waals surface area contributed by atoms with Gasteiger partial charge in [-0.2, -0.15) is 0 Å². The molecule has 0 radical (unpaired) electrons. The number of halogens is 2. The summed E-state index contributed by atoms with van der Waals surface area (Å²) in [5.41, 5.74) is 0.849. The van der Waals surface area contributed by atoms with Crippen LogP contribution < -0.4 is 5.32 Å². The SMILES string of the molecule is CCCCNC(=O)[C@H](C)N(Cc1ccc(Cl)c(Cl)c1)C(=O)CCC. The summed E-state index contributed by atoms with van der Waals surface area (Å²) in [6, 6.07) is 4.73. The van der Waals surface area contributed by atoms with Gasteiger partial charge in [0.15, 0.2) is 0 Å². The van der Waals surface area contributed by atoms with Gasteiger partial charge in [0.2, 0.25) is 11.8 Å². The first-order valence-corrected chi connectivity index (χ1v) is 9.17. The van der Waals surface area contributed by atoms with Crippen LogP contribution in [0.3, 0.4) is 0 Å². The smallest absolute Gasteiger partial charge is 0.242 e. The number of carbonyl (C=O) groups excluding carboxylic acids is 2. The van der Waals surface area contributed by atoms with Crippen molar-refractivity contribution in [2.75, 3.05) is 6.54 Å². The van der Waals surface area contributed by atoms with Gasteiger partial charge in [0.25, 0.3) is 0 Å². The van der Waals surface area contributed by atoms with Crippen LogP contribution in [0.2, 0.25) is 10.0 Å². The number of unbranched alkanes of at least 4 members (excludes halogenated alkanes) is 1. The number of hydrogen-bond acceptors (Lipinski definition) is 2. The molecule has 0 aliphatic rings. The van der Waals surface area contributed by atoms with E-state index in [-0.39, 0.29) is 11.8 Å². The summed E-state index contributed by atoms with van der Waals surface area (Å²) in [4.78, 5) is 26.4. The van der Waals surface area contributed by atoms with Crippen LogP contribution in [-0.2, 0) is 16.1 Å². The number of carbonyl (C=O) groups is 2. The van der Waals surface area contributed by atoms with Crippen molar-refractivity contribution in [1.29, 1.82) is 0 Å². The van der Waals surface area contributed by atoms with Crippen molar-refractivity contribution in [3.8, 4) is 0 Å². The molecule has 0 saturated carbocycles. The second-order valence-corrected chi connectivity index (χ2v) is 6.66. The number of nitrogens with one attached hydrogen (secondary N) is 1. The van der Waals surface area contributed by atoms with E-state index in [1.54, 1.807) is 24.0 Å². The van der Waals surface area contributed by atoms with Crippen LogP contribution in [0.4, 0.5) is 0 Å². The van der Waals surface area contributed by atoms with Gasteiger partial charge < -0.3 is 10.2 Å². The zero-order valence-corrected chi connectivity index (χ0v) is 16.1. The van der Waals surface area contributed by atoms with E-state index >= 15 is 0 Å². The Bertz CT molecular complexity index is 564. The molecule has 0 unspecified atom stereocenters. The molecular formula is C18H26Cl2N2O2.